The van der Waals surface area contributed by atoms with Crippen molar-refractivity contribution in [3.05, 3.63) is 18.2 Å². The summed E-state index contributed by atoms with van der Waals surface area (Å²) in [5, 5.41) is 0. The Labute approximate surface area is 117 Å². The molecule has 0 radical (unpaired) electrons. The third-order valence-electron chi connectivity index (χ3n) is 4.27. The molecule has 4 nitrogen and oxygen atoms in total. The molecule has 2 unspecified atom stereocenters. The summed E-state index contributed by atoms with van der Waals surface area (Å²) in [6.07, 6.45) is 7.88. The minimum atomic E-state index is 0.326. The fraction of sp³-hybridized carbons (Fsp3) is 0.800. The van der Waals surface area contributed by atoms with Gasteiger partial charge in [-0.15, -0.1) is 0 Å². The number of rotatable bonds is 6. The zero-order valence-corrected chi connectivity index (χ0v) is 12.5. The molecule has 0 spiro atoms. The molecule has 0 aliphatic carbocycles. The quantitative estimate of drug-likeness (QED) is 0.859. The Morgan fingerprint density at radius 3 is 2.89 bits per heavy atom. The lowest BCUT2D eigenvalue weighted by atomic mass is 10.0. The fourth-order valence-electron chi connectivity index (χ4n) is 3.25. The van der Waals surface area contributed by atoms with Crippen molar-refractivity contribution in [3.8, 4) is 0 Å². The van der Waals surface area contributed by atoms with Gasteiger partial charge >= 0.3 is 0 Å². The van der Waals surface area contributed by atoms with Crippen LogP contribution in [0.3, 0.4) is 0 Å². The van der Waals surface area contributed by atoms with Gasteiger partial charge in [0.1, 0.15) is 0 Å². The Balaban J connectivity index is 2.10. The van der Waals surface area contributed by atoms with Gasteiger partial charge in [0.15, 0.2) is 0 Å². The van der Waals surface area contributed by atoms with Crippen LogP contribution in [-0.4, -0.2) is 34.1 Å². The van der Waals surface area contributed by atoms with Gasteiger partial charge < -0.3 is 10.3 Å². The minimum Gasteiger partial charge on any atom is -0.331 e. The van der Waals surface area contributed by atoms with Crippen molar-refractivity contribution in [2.75, 3.05) is 19.6 Å². The van der Waals surface area contributed by atoms with Crippen LogP contribution < -0.4 is 5.73 Å². The Kier molecular flexibility index (Phi) is 4.99. The molecule has 2 N–H and O–H groups in total. The van der Waals surface area contributed by atoms with E-state index in [4.69, 9.17) is 5.73 Å². The fourth-order valence-corrected chi connectivity index (χ4v) is 3.25. The van der Waals surface area contributed by atoms with E-state index >= 15 is 0 Å². The molecule has 1 aliphatic rings. The van der Waals surface area contributed by atoms with Gasteiger partial charge in [-0.3, -0.25) is 4.90 Å². The maximum atomic E-state index is 6.05. The molecule has 19 heavy (non-hydrogen) atoms. The van der Waals surface area contributed by atoms with Gasteiger partial charge in [-0.2, -0.15) is 0 Å². The Hall–Kier alpha value is -0.870. The average Bonchev–Trinajstić information content (AvgIpc) is 3.00. The maximum Gasteiger partial charge on any atom is 0.0951 e. The molecule has 0 saturated carbocycles. The highest BCUT2D eigenvalue weighted by Crippen LogP contribution is 2.30. The lowest BCUT2D eigenvalue weighted by Crippen LogP contribution is -2.33. The van der Waals surface area contributed by atoms with Crippen molar-refractivity contribution >= 4 is 0 Å². The molecule has 1 aromatic heterocycles. The molecule has 0 bridgehead atoms. The van der Waals surface area contributed by atoms with Crippen molar-refractivity contribution in [2.24, 2.45) is 11.7 Å². The molecule has 2 atom stereocenters. The minimum absolute atomic E-state index is 0.326. The number of likely N-dealkylation sites (tertiary alicyclic amines) is 1. The molecule has 1 aromatic rings. The number of nitrogens with two attached hydrogens (primary N) is 1. The van der Waals surface area contributed by atoms with Gasteiger partial charge in [0.05, 0.1) is 18.1 Å². The molecule has 1 fully saturated rings. The summed E-state index contributed by atoms with van der Waals surface area (Å²) in [5.74, 6) is 0.856. The van der Waals surface area contributed by atoms with Crippen LogP contribution in [0.15, 0.2) is 12.5 Å². The molecule has 108 valence electrons. The topological polar surface area (TPSA) is 47.1 Å². The summed E-state index contributed by atoms with van der Waals surface area (Å²) in [6.45, 7) is 9.72. The highest BCUT2D eigenvalue weighted by molar-refractivity contribution is 5.08. The molecule has 2 heterocycles. The van der Waals surface area contributed by atoms with Crippen LogP contribution in [0.5, 0.6) is 0 Å². The first kappa shape index (κ1) is 14.5. The van der Waals surface area contributed by atoms with Crippen LogP contribution in [0, 0.1) is 5.92 Å². The van der Waals surface area contributed by atoms with E-state index in [1.807, 2.05) is 12.5 Å². The Morgan fingerprint density at radius 1 is 1.47 bits per heavy atom. The number of aromatic nitrogens is 2. The monoisotopic (exact) mass is 264 g/mol. The molecule has 2 rings (SSSR count). The highest BCUT2D eigenvalue weighted by atomic mass is 15.2. The average molecular weight is 264 g/mol. The van der Waals surface area contributed by atoms with Crippen LogP contribution in [0.2, 0.25) is 0 Å². The first-order valence-corrected chi connectivity index (χ1v) is 7.63. The van der Waals surface area contributed by atoms with E-state index < -0.39 is 0 Å². The second kappa shape index (κ2) is 6.53. The normalized spacial score (nSPS) is 22.3. The molecule has 4 heteroatoms. The van der Waals surface area contributed by atoms with Crippen molar-refractivity contribution < 1.29 is 0 Å². The standard InChI is InChI=1S/C15H28N4/c1-4-5-13-6-7-18(10-13)14(8-16)15-9-17-11-19(15)12(2)3/h9,11-14H,4-8,10,16H2,1-3H3. The van der Waals surface area contributed by atoms with Gasteiger partial charge in [0.2, 0.25) is 0 Å². The summed E-state index contributed by atoms with van der Waals surface area (Å²) < 4.78 is 2.25. The lowest BCUT2D eigenvalue weighted by molar-refractivity contribution is 0.228. The molecule has 0 aromatic carbocycles. The van der Waals surface area contributed by atoms with E-state index in [0.717, 1.165) is 5.92 Å². The van der Waals surface area contributed by atoms with Crippen molar-refractivity contribution in [2.45, 2.75) is 52.1 Å². The molecule has 1 aliphatic heterocycles. The first-order valence-electron chi connectivity index (χ1n) is 7.63. The lowest BCUT2D eigenvalue weighted by Gasteiger charge is -2.28. The van der Waals surface area contributed by atoms with Crippen molar-refractivity contribution in [1.29, 1.82) is 0 Å². The largest absolute Gasteiger partial charge is 0.331 e. The van der Waals surface area contributed by atoms with E-state index in [1.54, 1.807) is 0 Å². The first-order chi connectivity index (χ1) is 9.17. The van der Waals surface area contributed by atoms with Gasteiger partial charge in [0, 0.05) is 25.3 Å². The summed E-state index contributed by atoms with van der Waals surface area (Å²) >= 11 is 0. The van der Waals surface area contributed by atoms with Crippen LogP contribution in [0.4, 0.5) is 0 Å². The van der Waals surface area contributed by atoms with Gasteiger partial charge in [-0.1, -0.05) is 13.3 Å². The molecular formula is C15H28N4. The second-order valence-corrected chi connectivity index (χ2v) is 6.01. The summed E-state index contributed by atoms with van der Waals surface area (Å²) in [4.78, 5) is 6.87. The van der Waals surface area contributed by atoms with E-state index in [2.05, 4.69) is 35.2 Å². The van der Waals surface area contributed by atoms with E-state index in [0.29, 0.717) is 18.6 Å². The highest BCUT2D eigenvalue weighted by Gasteiger charge is 2.29. The number of hydrogen-bond donors (Lipinski definition) is 1. The van der Waals surface area contributed by atoms with E-state index in [9.17, 15) is 0 Å². The zero-order valence-electron chi connectivity index (χ0n) is 12.5. The van der Waals surface area contributed by atoms with Crippen molar-refractivity contribution in [1.82, 2.24) is 14.5 Å². The number of imidazole rings is 1. The molecular weight excluding hydrogens is 236 g/mol. The van der Waals surface area contributed by atoms with Crippen LogP contribution in [0.1, 0.15) is 57.8 Å². The Bertz CT molecular complexity index is 385. The van der Waals surface area contributed by atoms with Crippen LogP contribution in [0.25, 0.3) is 0 Å². The van der Waals surface area contributed by atoms with E-state index in [1.165, 1.54) is 38.0 Å². The van der Waals surface area contributed by atoms with Gasteiger partial charge in [-0.05, 0) is 39.2 Å². The number of nitrogens with zero attached hydrogens (tertiary/aromatic N) is 3. The summed E-state index contributed by atoms with van der Waals surface area (Å²) in [7, 11) is 0. The third kappa shape index (κ3) is 3.18. The molecule has 1 saturated heterocycles. The summed E-state index contributed by atoms with van der Waals surface area (Å²) in [6, 6.07) is 0.771. The smallest absolute Gasteiger partial charge is 0.0951 e. The van der Waals surface area contributed by atoms with Crippen molar-refractivity contribution in [3.63, 3.8) is 0 Å². The SMILES string of the molecule is CCCC1CCN(C(CN)c2cncn2C(C)C)C1. The van der Waals surface area contributed by atoms with Crippen LogP contribution >= 0.6 is 0 Å². The zero-order chi connectivity index (χ0) is 13.8. The van der Waals surface area contributed by atoms with Gasteiger partial charge in [0.25, 0.3) is 0 Å². The Morgan fingerprint density at radius 2 is 2.26 bits per heavy atom. The van der Waals surface area contributed by atoms with Crippen LogP contribution in [-0.2, 0) is 0 Å². The number of hydrogen-bond acceptors (Lipinski definition) is 3. The summed E-state index contributed by atoms with van der Waals surface area (Å²) in [5.41, 5.74) is 7.32. The van der Waals surface area contributed by atoms with Gasteiger partial charge in [-0.25, -0.2) is 4.98 Å². The molecule has 0 amide bonds. The maximum absolute atomic E-state index is 6.05. The van der Waals surface area contributed by atoms with E-state index in [-0.39, 0.29) is 0 Å². The third-order valence-corrected chi connectivity index (χ3v) is 4.27. The predicted octanol–water partition coefficient (Wildman–Crippen LogP) is 2.59. The second-order valence-electron chi connectivity index (χ2n) is 6.01. The predicted molar refractivity (Wildman–Crippen MR) is 79.0 cm³/mol.